The Balaban J connectivity index is 1.38. The lowest BCUT2D eigenvalue weighted by atomic mass is 9.94. The number of rotatable bonds is 6. The van der Waals surface area contributed by atoms with Gasteiger partial charge in [-0.25, -0.2) is 18.0 Å². The number of halogens is 4. The molecule has 280 valence electrons. The predicted molar refractivity (Wildman–Crippen MR) is 196 cm³/mol. The maximum Gasteiger partial charge on any atom is 0.412 e. The van der Waals surface area contributed by atoms with E-state index in [0.29, 0.717) is 31.4 Å². The summed E-state index contributed by atoms with van der Waals surface area (Å²) in [5.41, 5.74) is -2.21. The first kappa shape index (κ1) is 37.1. The molecular weight excluding hydrogens is 733 g/mol. The first-order chi connectivity index (χ1) is 25.1. The van der Waals surface area contributed by atoms with Gasteiger partial charge in [0.2, 0.25) is 0 Å². The molecule has 11 nitrogen and oxygen atoms in total. The number of aromatic nitrogens is 2. The number of carbonyl (C=O) groups excluding carboxylic acids is 1. The molecule has 4 aromatic rings. The molecule has 2 aromatic carbocycles. The zero-order valence-corrected chi connectivity index (χ0v) is 31.2. The monoisotopic (exact) mass is 770 g/mol. The van der Waals surface area contributed by atoms with Crippen molar-refractivity contribution in [1.29, 1.82) is 5.26 Å². The highest BCUT2D eigenvalue weighted by Crippen LogP contribution is 2.47. The predicted octanol–water partition coefficient (Wildman–Crippen LogP) is 7.72. The van der Waals surface area contributed by atoms with Gasteiger partial charge < -0.3 is 24.2 Å². The van der Waals surface area contributed by atoms with E-state index in [4.69, 9.17) is 30.8 Å². The van der Waals surface area contributed by atoms with Gasteiger partial charge in [-0.3, -0.25) is 10.2 Å². The SMILES string of the molecule is CC(C)(C)OC(=O)Nc1sc2c(F)ccc(-c3c(Cl)cc4c(N5CCOC[C@@](C)(O)C5)nc(OCC56CCCN5C/C(=C\F)C6)nc4c3F)c2c1C#N. The van der Waals surface area contributed by atoms with Crippen LogP contribution in [0.25, 0.3) is 32.1 Å². The van der Waals surface area contributed by atoms with Crippen molar-refractivity contribution >= 4 is 60.8 Å². The lowest BCUT2D eigenvalue weighted by molar-refractivity contribution is -0.0123. The molecule has 2 N–H and O–H groups in total. The smallest absolute Gasteiger partial charge is 0.412 e. The van der Waals surface area contributed by atoms with Crippen molar-refractivity contribution in [3.63, 3.8) is 0 Å². The van der Waals surface area contributed by atoms with Gasteiger partial charge in [0.1, 0.15) is 46.0 Å². The van der Waals surface area contributed by atoms with Crippen LogP contribution in [-0.4, -0.2) is 88.8 Å². The van der Waals surface area contributed by atoms with Gasteiger partial charge >= 0.3 is 12.1 Å². The first-order valence-corrected chi connectivity index (χ1v) is 18.4. The molecule has 0 aliphatic carbocycles. The average molecular weight is 771 g/mol. The number of nitriles is 1. The maximum atomic E-state index is 17.3. The van der Waals surface area contributed by atoms with Crippen molar-refractivity contribution in [2.75, 3.05) is 56.2 Å². The van der Waals surface area contributed by atoms with E-state index in [9.17, 15) is 19.6 Å². The highest BCUT2D eigenvalue weighted by Gasteiger charge is 2.47. The Morgan fingerprint density at radius 3 is 2.81 bits per heavy atom. The van der Waals surface area contributed by atoms with E-state index in [-0.39, 0.29) is 85.9 Å². The van der Waals surface area contributed by atoms with Crippen molar-refractivity contribution in [3.05, 3.63) is 52.3 Å². The van der Waals surface area contributed by atoms with Crippen LogP contribution in [-0.2, 0) is 9.47 Å². The number of nitrogens with zero attached hydrogens (tertiary/aromatic N) is 5. The number of hydrogen-bond donors (Lipinski definition) is 2. The highest BCUT2D eigenvalue weighted by molar-refractivity contribution is 7.23. The molecule has 5 heterocycles. The summed E-state index contributed by atoms with van der Waals surface area (Å²) in [7, 11) is 0. The summed E-state index contributed by atoms with van der Waals surface area (Å²) in [6.07, 6.45) is 1.98. The summed E-state index contributed by atoms with van der Waals surface area (Å²) in [6, 6.07) is 5.86. The molecule has 3 saturated heterocycles. The van der Waals surface area contributed by atoms with Crippen molar-refractivity contribution in [2.24, 2.45) is 0 Å². The molecule has 7 rings (SSSR count). The van der Waals surface area contributed by atoms with Crippen LogP contribution in [0, 0.1) is 23.0 Å². The number of ether oxygens (including phenoxy) is 3. The standard InChI is InChI=1S/C37H38ClF3N6O5S/c1-35(2,3)52-34(48)45-32-23(15-42)26-21(6-7-25(40)30(26)53-32)27-24(38)12-22-29(28(27)41)43-33(44-31(22)46-10-11-50-18-36(4,49)17-46)51-19-37-8-5-9-47(37)16-20(13-37)14-39/h6-7,12,14,49H,5,8-11,13,16-19H2,1-4H3,(H,45,48)/b20-14-/t36-,37?/m0/s1. The van der Waals surface area contributed by atoms with Crippen molar-refractivity contribution in [1.82, 2.24) is 14.9 Å². The van der Waals surface area contributed by atoms with Crippen molar-refractivity contribution < 1.29 is 37.3 Å². The summed E-state index contributed by atoms with van der Waals surface area (Å²) >= 11 is 7.70. The van der Waals surface area contributed by atoms with Crippen LogP contribution in [0.2, 0.25) is 5.02 Å². The third kappa shape index (κ3) is 7.10. The summed E-state index contributed by atoms with van der Waals surface area (Å²) < 4.78 is 63.5. The number of carbonyl (C=O) groups is 1. The molecule has 1 unspecified atom stereocenters. The average Bonchev–Trinajstić information content (AvgIpc) is 3.71. The molecule has 16 heteroatoms. The molecule has 3 aliphatic rings. The lowest BCUT2D eigenvalue weighted by Crippen LogP contribution is -2.44. The van der Waals surface area contributed by atoms with E-state index in [1.807, 2.05) is 6.07 Å². The molecule has 2 atom stereocenters. The third-order valence-corrected chi connectivity index (χ3v) is 11.1. The number of amides is 1. The van der Waals surface area contributed by atoms with Gasteiger partial charge in [-0.1, -0.05) is 17.7 Å². The summed E-state index contributed by atoms with van der Waals surface area (Å²) in [6.45, 7) is 8.80. The minimum atomic E-state index is -1.27. The lowest BCUT2D eigenvalue weighted by Gasteiger charge is -2.31. The second kappa shape index (κ2) is 13.9. The molecule has 0 spiro atoms. The normalized spacial score (nSPS) is 23.0. The molecule has 0 saturated carbocycles. The summed E-state index contributed by atoms with van der Waals surface area (Å²) in [4.78, 5) is 25.9. The number of thiophene rings is 1. The van der Waals surface area contributed by atoms with Crippen LogP contribution in [0.3, 0.4) is 0 Å². The molecule has 1 amide bonds. The van der Waals surface area contributed by atoms with E-state index in [1.54, 1.807) is 32.6 Å². The van der Waals surface area contributed by atoms with Gasteiger partial charge in [0.15, 0.2) is 5.82 Å². The summed E-state index contributed by atoms with van der Waals surface area (Å²) in [5.74, 6) is -1.32. The quantitative estimate of drug-likeness (QED) is 0.201. The van der Waals surface area contributed by atoms with E-state index < -0.39 is 34.5 Å². The number of anilines is 2. The topological polar surface area (TPSA) is 133 Å². The number of benzene rings is 2. The van der Waals surface area contributed by atoms with Crippen LogP contribution < -0.4 is 15.0 Å². The molecule has 3 aliphatic heterocycles. The van der Waals surface area contributed by atoms with Gasteiger partial charge in [0, 0.05) is 29.4 Å². The highest BCUT2D eigenvalue weighted by atomic mass is 35.5. The van der Waals surface area contributed by atoms with Crippen LogP contribution in [0.15, 0.2) is 30.1 Å². The number of fused-ring (bicyclic) bond motifs is 3. The fourth-order valence-corrected chi connectivity index (χ4v) is 8.88. The Hall–Kier alpha value is -4.20. The Morgan fingerprint density at radius 2 is 2.08 bits per heavy atom. The van der Waals surface area contributed by atoms with Gasteiger partial charge in [-0.05, 0) is 76.8 Å². The molecule has 3 fully saturated rings. The van der Waals surface area contributed by atoms with Gasteiger partial charge in [0.05, 0.1) is 46.9 Å². The Morgan fingerprint density at radius 1 is 1.28 bits per heavy atom. The zero-order chi connectivity index (χ0) is 37.9. The number of nitrogens with one attached hydrogen (secondary N) is 1. The van der Waals surface area contributed by atoms with E-state index >= 15 is 8.78 Å². The van der Waals surface area contributed by atoms with Crippen LogP contribution in [0.4, 0.5) is 28.8 Å². The molecule has 2 aromatic heterocycles. The second-order valence-electron chi connectivity index (χ2n) is 15.1. The Bertz CT molecular complexity index is 2200. The van der Waals surface area contributed by atoms with Crippen LogP contribution >= 0.6 is 22.9 Å². The van der Waals surface area contributed by atoms with E-state index in [1.165, 1.54) is 12.1 Å². The minimum Gasteiger partial charge on any atom is -0.461 e. The van der Waals surface area contributed by atoms with Gasteiger partial charge in [-0.15, -0.1) is 11.3 Å². The Labute approximate surface area is 312 Å². The fourth-order valence-electron chi connectivity index (χ4n) is 7.52. The maximum absolute atomic E-state index is 17.3. The van der Waals surface area contributed by atoms with Gasteiger partial charge in [0.25, 0.3) is 0 Å². The van der Waals surface area contributed by atoms with Crippen molar-refractivity contribution in [2.45, 2.75) is 63.7 Å². The molecule has 0 radical (unpaired) electrons. The molecular formula is C37H38ClF3N6O5S. The van der Waals surface area contributed by atoms with Gasteiger partial charge in [-0.2, -0.15) is 15.2 Å². The number of β-amino-alcohol motifs (C(OH)–C–C–N with tert-alkyl or cyclic N) is 1. The minimum absolute atomic E-state index is 0.00138. The molecule has 53 heavy (non-hydrogen) atoms. The Kier molecular flexibility index (Phi) is 9.73. The third-order valence-electron chi connectivity index (χ3n) is 9.69. The van der Waals surface area contributed by atoms with E-state index in [2.05, 4.69) is 15.2 Å². The zero-order valence-electron chi connectivity index (χ0n) is 29.6. The van der Waals surface area contributed by atoms with Crippen molar-refractivity contribution in [3.8, 4) is 23.2 Å². The number of aliphatic hydroxyl groups is 1. The fraction of sp³-hybridized carbons (Fsp3) is 0.459. The van der Waals surface area contributed by atoms with E-state index in [0.717, 1.165) is 36.8 Å². The first-order valence-electron chi connectivity index (χ1n) is 17.2. The van der Waals surface area contributed by atoms with Crippen LogP contribution in [0.1, 0.15) is 52.5 Å². The second-order valence-corrected chi connectivity index (χ2v) is 16.5. The number of hydrogen-bond acceptors (Lipinski definition) is 11. The summed E-state index contributed by atoms with van der Waals surface area (Å²) in [5, 5.41) is 24.1. The molecule has 0 bridgehead atoms. The van der Waals surface area contributed by atoms with Crippen LogP contribution in [0.5, 0.6) is 6.01 Å². The largest absolute Gasteiger partial charge is 0.461 e.